The Hall–Kier alpha value is -2.85. The number of pyridine rings is 1. The summed E-state index contributed by atoms with van der Waals surface area (Å²) >= 11 is 0. The van der Waals surface area contributed by atoms with Crippen molar-refractivity contribution in [3.8, 4) is 0 Å². The topological polar surface area (TPSA) is 106 Å². The second-order valence-electron chi connectivity index (χ2n) is 7.32. The van der Waals surface area contributed by atoms with E-state index in [1.54, 1.807) is 29.1 Å². The van der Waals surface area contributed by atoms with Crippen molar-refractivity contribution in [3.05, 3.63) is 59.3 Å². The standard InChI is InChI=1S/C22H21N3O5S2/c26-17-8-7-16(21(28)24-17)25-13-15-5-3-4-14(20(15)22(25)29)12-19(27)30-10-11-31-32-18-6-1-2-9-23-18/h1-6,9,16H,7-8,10-13H2,(H,24,26,28). The highest BCUT2D eigenvalue weighted by molar-refractivity contribution is 8.76. The fraction of sp³-hybridized carbons (Fsp3) is 0.318. The SMILES string of the molecule is O=C1CCC(N2Cc3cccc(CC(=O)OCCSSc4ccccn4)c3C2=O)C(=O)N1. The van der Waals surface area contributed by atoms with Crippen LogP contribution in [0.2, 0.25) is 0 Å². The Labute approximate surface area is 192 Å². The van der Waals surface area contributed by atoms with Gasteiger partial charge in [0.05, 0.1) is 6.42 Å². The number of aromatic nitrogens is 1. The van der Waals surface area contributed by atoms with Crippen LogP contribution in [-0.2, 0) is 32.1 Å². The lowest BCUT2D eigenvalue weighted by Gasteiger charge is -2.29. The maximum atomic E-state index is 13.1. The van der Waals surface area contributed by atoms with Gasteiger partial charge in [0.25, 0.3) is 5.91 Å². The quantitative estimate of drug-likeness (QED) is 0.271. The summed E-state index contributed by atoms with van der Waals surface area (Å²) in [6, 6.07) is 10.3. The van der Waals surface area contributed by atoms with Gasteiger partial charge in [-0.15, -0.1) is 0 Å². The van der Waals surface area contributed by atoms with Gasteiger partial charge < -0.3 is 9.64 Å². The molecule has 1 aromatic heterocycles. The number of ether oxygens (including phenoxy) is 1. The molecule has 1 saturated heterocycles. The van der Waals surface area contributed by atoms with Gasteiger partial charge in [0.15, 0.2) is 0 Å². The normalized spacial score (nSPS) is 17.8. The fourth-order valence-electron chi connectivity index (χ4n) is 3.73. The Bertz CT molecular complexity index is 1050. The molecule has 166 valence electrons. The number of carbonyl (C=O) groups excluding carboxylic acids is 4. The van der Waals surface area contributed by atoms with Crippen LogP contribution in [0.5, 0.6) is 0 Å². The molecule has 2 aliphatic rings. The number of esters is 1. The average Bonchev–Trinajstić information content (AvgIpc) is 3.11. The molecule has 3 amide bonds. The van der Waals surface area contributed by atoms with E-state index in [-0.39, 0.29) is 37.8 Å². The lowest BCUT2D eigenvalue weighted by Crippen LogP contribution is -2.52. The Morgan fingerprint density at radius 3 is 2.84 bits per heavy atom. The van der Waals surface area contributed by atoms with Crippen LogP contribution in [0.4, 0.5) is 0 Å². The summed E-state index contributed by atoms with van der Waals surface area (Å²) in [6.07, 6.45) is 2.21. The molecule has 0 saturated carbocycles. The first kappa shape index (κ1) is 22.3. The molecule has 10 heteroatoms. The van der Waals surface area contributed by atoms with Crippen molar-refractivity contribution in [1.29, 1.82) is 0 Å². The molecule has 0 spiro atoms. The number of carbonyl (C=O) groups is 4. The van der Waals surface area contributed by atoms with Crippen molar-refractivity contribution < 1.29 is 23.9 Å². The Morgan fingerprint density at radius 1 is 1.19 bits per heavy atom. The number of imide groups is 1. The highest BCUT2D eigenvalue weighted by Crippen LogP contribution is 2.31. The maximum Gasteiger partial charge on any atom is 0.310 e. The van der Waals surface area contributed by atoms with Crippen molar-refractivity contribution in [1.82, 2.24) is 15.2 Å². The molecule has 1 atom stereocenters. The first-order chi connectivity index (χ1) is 15.5. The molecule has 2 aliphatic heterocycles. The van der Waals surface area contributed by atoms with Gasteiger partial charge in [-0.2, -0.15) is 0 Å². The van der Waals surface area contributed by atoms with E-state index in [2.05, 4.69) is 10.3 Å². The molecule has 4 rings (SSSR count). The van der Waals surface area contributed by atoms with Gasteiger partial charge in [0.2, 0.25) is 11.8 Å². The van der Waals surface area contributed by atoms with Gasteiger partial charge in [-0.1, -0.05) is 35.1 Å². The molecule has 0 bridgehead atoms. The van der Waals surface area contributed by atoms with Crippen molar-refractivity contribution in [3.63, 3.8) is 0 Å². The smallest absolute Gasteiger partial charge is 0.310 e. The van der Waals surface area contributed by atoms with Crippen LogP contribution in [0.25, 0.3) is 0 Å². The van der Waals surface area contributed by atoms with Crippen molar-refractivity contribution in [2.24, 2.45) is 0 Å². The second kappa shape index (κ2) is 10.2. The van der Waals surface area contributed by atoms with E-state index in [9.17, 15) is 19.2 Å². The number of benzene rings is 1. The van der Waals surface area contributed by atoms with Gasteiger partial charge >= 0.3 is 5.97 Å². The zero-order valence-electron chi connectivity index (χ0n) is 17.1. The molecule has 2 aromatic rings. The van der Waals surface area contributed by atoms with Crippen molar-refractivity contribution in [2.45, 2.75) is 36.9 Å². The van der Waals surface area contributed by atoms with Crippen LogP contribution in [0.3, 0.4) is 0 Å². The predicted molar refractivity (Wildman–Crippen MR) is 120 cm³/mol. The van der Waals surface area contributed by atoms with Crippen LogP contribution >= 0.6 is 21.6 Å². The minimum atomic E-state index is -0.680. The third kappa shape index (κ3) is 5.13. The molecule has 32 heavy (non-hydrogen) atoms. The lowest BCUT2D eigenvalue weighted by molar-refractivity contribution is -0.142. The van der Waals surface area contributed by atoms with Crippen LogP contribution < -0.4 is 5.32 Å². The van der Waals surface area contributed by atoms with Gasteiger partial charge in [0, 0.05) is 30.5 Å². The Morgan fingerprint density at radius 2 is 2.06 bits per heavy atom. The summed E-state index contributed by atoms with van der Waals surface area (Å²) in [6.45, 7) is 0.541. The largest absolute Gasteiger partial charge is 0.465 e. The van der Waals surface area contributed by atoms with E-state index in [0.29, 0.717) is 23.3 Å². The lowest BCUT2D eigenvalue weighted by atomic mass is 10.0. The summed E-state index contributed by atoms with van der Waals surface area (Å²) in [7, 11) is 3.06. The number of fused-ring (bicyclic) bond motifs is 1. The number of rotatable bonds is 8. The summed E-state index contributed by atoms with van der Waals surface area (Å²) < 4.78 is 5.33. The molecular weight excluding hydrogens is 450 g/mol. The van der Waals surface area contributed by atoms with Crippen LogP contribution in [-0.4, -0.2) is 52.0 Å². The third-order valence-corrected chi connectivity index (χ3v) is 7.41. The van der Waals surface area contributed by atoms with Gasteiger partial charge in [-0.05, 0) is 40.5 Å². The molecule has 1 unspecified atom stereocenters. The zero-order valence-corrected chi connectivity index (χ0v) is 18.7. The predicted octanol–water partition coefficient (Wildman–Crippen LogP) is 2.37. The minimum absolute atomic E-state index is 0.0177. The number of amides is 3. The average molecular weight is 472 g/mol. The van der Waals surface area contributed by atoms with Gasteiger partial charge in [0.1, 0.15) is 17.7 Å². The summed E-state index contributed by atoms with van der Waals surface area (Å²) in [5, 5.41) is 3.18. The molecular formula is C22H21N3O5S2. The first-order valence-electron chi connectivity index (χ1n) is 10.1. The van der Waals surface area contributed by atoms with E-state index < -0.39 is 17.9 Å². The maximum absolute atomic E-state index is 13.1. The van der Waals surface area contributed by atoms with Crippen molar-refractivity contribution in [2.75, 3.05) is 12.4 Å². The second-order valence-corrected chi connectivity index (χ2v) is 9.76. The van der Waals surface area contributed by atoms with Crippen LogP contribution in [0.1, 0.15) is 34.3 Å². The van der Waals surface area contributed by atoms with Crippen LogP contribution in [0, 0.1) is 0 Å². The molecule has 1 N–H and O–H groups in total. The number of hydrogen-bond acceptors (Lipinski definition) is 8. The fourth-order valence-corrected chi connectivity index (χ4v) is 5.44. The van der Waals surface area contributed by atoms with Gasteiger partial charge in [-0.25, -0.2) is 4.98 Å². The van der Waals surface area contributed by atoms with Crippen LogP contribution in [0.15, 0.2) is 47.6 Å². The van der Waals surface area contributed by atoms with E-state index in [1.165, 1.54) is 15.7 Å². The number of nitrogens with one attached hydrogen (secondary N) is 1. The molecule has 0 radical (unpaired) electrons. The monoisotopic (exact) mass is 471 g/mol. The highest BCUT2D eigenvalue weighted by Gasteiger charge is 2.40. The van der Waals surface area contributed by atoms with E-state index >= 15 is 0 Å². The Balaban J connectivity index is 1.31. The summed E-state index contributed by atoms with van der Waals surface area (Å²) in [5.74, 6) is -0.864. The molecule has 0 aliphatic carbocycles. The Kier molecular flexibility index (Phi) is 7.11. The number of nitrogens with zero attached hydrogens (tertiary/aromatic N) is 2. The summed E-state index contributed by atoms with van der Waals surface area (Å²) in [5.41, 5.74) is 1.81. The van der Waals surface area contributed by atoms with E-state index in [4.69, 9.17) is 4.74 Å². The number of hydrogen-bond donors (Lipinski definition) is 1. The molecule has 3 heterocycles. The minimum Gasteiger partial charge on any atom is -0.465 e. The van der Waals surface area contributed by atoms with E-state index in [1.807, 2.05) is 24.3 Å². The third-order valence-electron chi connectivity index (χ3n) is 5.19. The molecule has 1 aromatic carbocycles. The summed E-state index contributed by atoms with van der Waals surface area (Å²) in [4.78, 5) is 54.7. The van der Waals surface area contributed by atoms with Gasteiger partial charge in [-0.3, -0.25) is 24.5 Å². The first-order valence-corrected chi connectivity index (χ1v) is 12.5. The number of piperidine rings is 1. The van der Waals surface area contributed by atoms with Crippen molar-refractivity contribution >= 4 is 45.3 Å². The zero-order chi connectivity index (χ0) is 22.5. The molecule has 1 fully saturated rings. The van der Waals surface area contributed by atoms with E-state index in [0.717, 1.165) is 10.6 Å². The molecule has 8 nitrogen and oxygen atoms in total. The highest BCUT2D eigenvalue weighted by atomic mass is 33.1.